The lowest BCUT2D eigenvalue weighted by Gasteiger charge is -2.15. The van der Waals surface area contributed by atoms with Crippen molar-refractivity contribution >= 4 is 11.7 Å². The number of nitriles is 1. The van der Waals surface area contributed by atoms with Gasteiger partial charge in [-0.3, -0.25) is 4.79 Å². The number of carbonyl (C=O) groups excluding carboxylic acids is 1. The summed E-state index contributed by atoms with van der Waals surface area (Å²) < 4.78 is 5.35. The summed E-state index contributed by atoms with van der Waals surface area (Å²) in [6.07, 6.45) is 2.41. The van der Waals surface area contributed by atoms with E-state index in [4.69, 9.17) is 15.7 Å². The molecule has 4 heteroatoms. The molecule has 4 nitrogen and oxygen atoms in total. The highest BCUT2D eigenvalue weighted by molar-refractivity contribution is 5.78. The number of nitrogens with two attached hydrogens (primary N) is 1. The Morgan fingerprint density at radius 3 is 2.89 bits per heavy atom. The fourth-order valence-electron chi connectivity index (χ4n) is 2.03. The van der Waals surface area contributed by atoms with E-state index in [1.54, 1.807) is 19.1 Å². The molecule has 0 aromatic heterocycles. The maximum atomic E-state index is 12.0. The van der Waals surface area contributed by atoms with Crippen LogP contribution >= 0.6 is 0 Å². The van der Waals surface area contributed by atoms with E-state index in [1.807, 2.05) is 12.1 Å². The van der Waals surface area contributed by atoms with Crippen molar-refractivity contribution in [2.75, 3.05) is 12.3 Å². The van der Waals surface area contributed by atoms with Crippen LogP contribution in [0, 0.1) is 16.7 Å². The standard InChI is InChI=1S/C15H18N2O2/c1-11(12-3-2-4-13(17)9-12)14(18)19-10-15(5-6-15)7-8-16/h2-4,9,11H,5-7,10,17H2,1H3. The fourth-order valence-corrected chi connectivity index (χ4v) is 2.03. The Bertz CT molecular complexity index is 515. The van der Waals surface area contributed by atoms with E-state index < -0.39 is 0 Å². The maximum Gasteiger partial charge on any atom is 0.313 e. The monoisotopic (exact) mass is 258 g/mol. The molecular weight excluding hydrogens is 240 g/mol. The van der Waals surface area contributed by atoms with Gasteiger partial charge in [-0.05, 0) is 37.5 Å². The van der Waals surface area contributed by atoms with Crippen LogP contribution in [0.4, 0.5) is 5.69 Å². The van der Waals surface area contributed by atoms with E-state index in [2.05, 4.69) is 6.07 Å². The molecule has 1 atom stereocenters. The molecule has 0 radical (unpaired) electrons. The highest BCUT2D eigenvalue weighted by atomic mass is 16.5. The van der Waals surface area contributed by atoms with Gasteiger partial charge in [0.05, 0.1) is 18.6 Å². The molecule has 1 aromatic rings. The van der Waals surface area contributed by atoms with Crippen LogP contribution in [-0.2, 0) is 9.53 Å². The predicted molar refractivity (Wildman–Crippen MR) is 72.1 cm³/mol. The van der Waals surface area contributed by atoms with Gasteiger partial charge in [0.25, 0.3) is 0 Å². The first-order valence-corrected chi connectivity index (χ1v) is 6.45. The summed E-state index contributed by atoms with van der Waals surface area (Å²) in [6.45, 7) is 2.16. The number of ether oxygens (including phenoxy) is 1. The van der Waals surface area contributed by atoms with Gasteiger partial charge in [0.2, 0.25) is 0 Å². The zero-order chi connectivity index (χ0) is 13.9. The molecule has 1 aliphatic carbocycles. The third kappa shape index (κ3) is 3.25. The Hall–Kier alpha value is -2.02. The number of nitrogen functional groups attached to an aromatic ring is 1. The summed E-state index contributed by atoms with van der Waals surface area (Å²) in [5, 5.41) is 8.72. The Labute approximate surface area is 113 Å². The van der Waals surface area contributed by atoms with Gasteiger partial charge in [-0.15, -0.1) is 0 Å². The Kier molecular flexibility index (Phi) is 3.75. The Morgan fingerprint density at radius 1 is 1.58 bits per heavy atom. The normalized spacial score (nSPS) is 17.3. The molecule has 1 saturated carbocycles. The molecule has 0 spiro atoms. The van der Waals surface area contributed by atoms with Crippen molar-refractivity contribution in [2.45, 2.75) is 32.1 Å². The molecule has 0 amide bonds. The molecule has 19 heavy (non-hydrogen) atoms. The van der Waals surface area contributed by atoms with Crippen LogP contribution in [0.2, 0.25) is 0 Å². The second-order valence-electron chi connectivity index (χ2n) is 5.33. The van der Waals surface area contributed by atoms with Crippen LogP contribution in [0.15, 0.2) is 24.3 Å². The second-order valence-corrected chi connectivity index (χ2v) is 5.33. The summed E-state index contributed by atoms with van der Waals surface area (Å²) in [5.41, 5.74) is 7.13. The summed E-state index contributed by atoms with van der Waals surface area (Å²) in [5.74, 6) is -0.587. The van der Waals surface area contributed by atoms with Gasteiger partial charge in [-0.1, -0.05) is 12.1 Å². The zero-order valence-electron chi connectivity index (χ0n) is 11.1. The molecule has 1 fully saturated rings. The lowest BCUT2D eigenvalue weighted by atomic mass is 10.0. The summed E-state index contributed by atoms with van der Waals surface area (Å²) in [4.78, 5) is 12.0. The van der Waals surface area contributed by atoms with Gasteiger partial charge in [-0.25, -0.2) is 0 Å². The first kappa shape index (κ1) is 13.4. The summed E-state index contributed by atoms with van der Waals surface area (Å²) in [7, 11) is 0. The third-order valence-electron chi connectivity index (χ3n) is 3.70. The van der Waals surface area contributed by atoms with E-state index in [9.17, 15) is 4.79 Å². The number of nitrogens with zero attached hydrogens (tertiary/aromatic N) is 1. The fraction of sp³-hybridized carbons (Fsp3) is 0.467. The highest BCUT2D eigenvalue weighted by Gasteiger charge is 2.44. The van der Waals surface area contributed by atoms with E-state index in [0.29, 0.717) is 18.7 Å². The molecule has 0 saturated heterocycles. The number of esters is 1. The minimum atomic E-state index is -0.332. The van der Waals surface area contributed by atoms with Gasteiger partial charge in [0.1, 0.15) is 0 Å². The molecular formula is C15H18N2O2. The second kappa shape index (κ2) is 5.31. The number of carbonyl (C=O) groups is 1. The number of hydrogen-bond acceptors (Lipinski definition) is 4. The first-order chi connectivity index (χ1) is 9.06. The smallest absolute Gasteiger partial charge is 0.313 e. The third-order valence-corrected chi connectivity index (χ3v) is 3.70. The van der Waals surface area contributed by atoms with Gasteiger partial charge < -0.3 is 10.5 Å². The first-order valence-electron chi connectivity index (χ1n) is 6.45. The molecule has 100 valence electrons. The van der Waals surface area contributed by atoms with Crippen LogP contribution in [0.3, 0.4) is 0 Å². The zero-order valence-corrected chi connectivity index (χ0v) is 11.1. The Morgan fingerprint density at radius 2 is 2.32 bits per heavy atom. The lowest BCUT2D eigenvalue weighted by Crippen LogP contribution is -2.19. The van der Waals surface area contributed by atoms with Gasteiger partial charge in [0, 0.05) is 17.5 Å². The van der Waals surface area contributed by atoms with Crippen LogP contribution in [-0.4, -0.2) is 12.6 Å². The van der Waals surface area contributed by atoms with E-state index in [-0.39, 0.29) is 17.3 Å². The summed E-state index contributed by atoms with van der Waals surface area (Å²) in [6, 6.07) is 9.42. The van der Waals surface area contributed by atoms with Crippen molar-refractivity contribution < 1.29 is 9.53 Å². The van der Waals surface area contributed by atoms with Crippen molar-refractivity contribution in [1.29, 1.82) is 5.26 Å². The van der Waals surface area contributed by atoms with Crippen molar-refractivity contribution in [2.24, 2.45) is 5.41 Å². The maximum absolute atomic E-state index is 12.0. The van der Waals surface area contributed by atoms with Gasteiger partial charge in [-0.2, -0.15) is 5.26 Å². The average molecular weight is 258 g/mol. The minimum absolute atomic E-state index is 0.0696. The lowest BCUT2D eigenvalue weighted by molar-refractivity contribution is -0.146. The predicted octanol–water partition coefficient (Wildman–Crippen LogP) is 2.61. The summed E-state index contributed by atoms with van der Waals surface area (Å²) >= 11 is 0. The number of rotatable bonds is 5. The Balaban J connectivity index is 1.92. The molecule has 0 bridgehead atoms. The van der Waals surface area contributed by atoms with Crippen LogP contribution in [0.25, 0.3) is 0 Å². The van der Waals surface area contributed by atoms with E-state index in [1.165, 1.54) is 0 Å². The van der Waals surface area contributed by atoms with Crippen molar-refractivity contribution in [3.05, 3.63) is 29.8 Å². The topological polar surface area (TPSA) is 76.1 Å². The van der Waals surface area contributed by atoms with Gasteiger partial charge >= 0.3 is 5.97 Å². The van der Waals surface area contributed by atoms with Gasteiger partial charge in [0.15, 0.2) is 0 Å². The minimum Gasteiger partial charge on any atom is -0.465 e. The van der Waals surface area contributed by atoms with Crippen molar-refractivity contribution in [3.8, 4) is 6.07 Å². The number of hydrogen-bond donors (Lipinski definition) is 1. The molecule has 1 aliphatic rings. The molecule has 0 heterocycles. The molecule has 2 N–H and O–H groups in total. The van der Waals surface area contributed by atoms with E-state index >= 15 is 0 Å². The van der Waals surface area contributed by atoms with Crippen molar-refractivity contribution in [3.63, 3.8) is 0 Å². The van der Waals surface area contributed by atoms with Crippen LogP contribution in [0.1, 0.15) is 37.7 Å². The quantitative estimate of drug-likeness (QED) is 0.650. The average Bonchev–Trinajstić information content (AvgIpc) is 3.16. The molecule has 2 rings (SSSR count). The number of anilines is 1. The largest absolute Gasteiger partial charge is 0.465 e. The van der Waals surface area contributed by atoms with Crippen LogP contribution in [0.5, 0.6) is 0 Å². The SMILES string of the molecule is CC(C(=O)OCC1(CC#N)CC1)c1cccc(N)c1. The van der Waals surface area contributed by atoms with Crippen molar-refractivity contribution in [1.82, 2.24) is 0 Å². The number of benzene rings is 1. The highest BCUT2D eigenvalue weighted by Crippen LogP contribution is 2.48. The molecule has 1 unspecified atom stereocenters. The molecule has 1 aromatic carbocycles. The van der Waals surface area contributed by atoms with E-state index in [0.717, 1.165) is 18.4 Å². The molecule has 0 aliphatic heterocycles. The van der Waals surface area contributed by atoms with Crippen LogP contribution < -0.4 is 5.73 Å².